The van der Waals surface area contributed by atoms with Gasteiger partial charge in [-0.05, 0) is 30.3 Å². The lowest BCUT2D eigenvalue weighted by Gasteiger charge is -2.08. The van der Waals surface area contributed by atoms with Crippen LogP contribution in [0.15, 0.2) is 47.4 Å². The van der Waals surface area contributed by atoms with Crippen LogP contribution in [-0.4, -0.2) is 13.5 Å². The van der Waals surface area contributed by atoms with Crippen molar-refractivity contribution in [3.8, 4) is 11.8 Å². The van der Waals surface area contributed by atoms with Crippen molar-refractivity contribution in [2.45, 2.75) is 4.90 Å². The second-order valence-electron chi connectivity index (χ2n) is 3.94. The summed E-state index contributed by atoms with van der Waals surface area (Å²) in [5, 5.41) is 17.9. The average Bonchev–Trinajstić information content (AvgIpc) is 2.37. The van der Waals surface area contributed by atoms with E-state index in [4.69, 9.17) is 5.26 Å². The van der Waals surface area contributed by atoms with Gasteiger partial charge in [-0.2, -0.15) is 5.26 Å². The van der Waals surface area contributed by atoms with Crippen molar-refractivity contribution in [3.05, 3.63) is 53.8 Å². The summed E-state index contributed by atoms with van der Waals surface area (Å²) in [5.74, 6) is -1.15. The second-order valence-corrected chi connectivity index (χ2v) is 5.62. The number of phenolic OH excluding ortho intramolecular Hbond substituents is 1. The predicted octanol–water partition coefficient (Wildman–Crippen LogP) is 2.20. The van der Waals surface area contributed by atoms with Gasteiger partial charge in [0.1, 0.15) is 11.6 Å². The van der Waals surface area contributed by atoms with Crippen LogP contribution in [0.5, 0.6) is 5.75 Å². The lowest BCUT2D eigenvalue weighted by Crippen LogP contribution is -2.13. The van der Waals surface area contributed by atoms with Gasteiger partial charge in [0.2, 0.25) is 0 Å². The Hall–Kier alpha value is -2.59. The Balaban J connectivity index is 2.33. The fourth-order valence-electron chi connectivity index (χ4n) is 1.56. The second kappa shape index (κ2) is 5.19. The van der Waals surface area contributed by atoms with Crippen LogP contribution < -0.4 is 4.72 Å². The van der Waals surface area contributed by atoms with Crippen LogP contribution in [0.25, 0.3) is 0 Å². The van der Waals surface area contributed by atoms with Gasteiger partial charge in [-0.25, -0.2) is 12.8 Å². The molecular formula is C13H9FN2O3S. The maximum Gasteiger partial charge on any atom is 0.261 e. The van der Waals surface area contributed by atoms with Crippen molar-refractivity contribution in [2.24, 2.45) is 0 Å². The fraction of sp³-hybridized carbons (Fsp3) is 0. The molecule has 0 aliphatic heterocycles. The summed E-state index contributed by atoms with van der Waals surface area (Å²) in [4.78, 5) is -0.0692. The Morgan fingerprint density at radius 3 is 2.35 bits per heavy atom. The van der Waals surface area contributed by atoms with Crippen LogP contribution >= 0.6 is 0 Å². The number of nitrogens with one attached hydrogen (secondary N) is 1. The molecule has 2 aromatic rings. The molecule has 0 spiro atoms. The maximum atomic E-state index is 13.1. The first-order valence-electron chi connectivity index (χ1n) is 5.43. The minimum atomic E-state index is -3.91. The van der Waals surface area contributed by atoms with E-state index in [2.05, 4.69) is 4.72 Å². The molecule has 5 nitrogen and oxygen atoms in total. The van der Waals surface area contributed by atoms with Gasteiger partial charge in [0.15, 0.2) is 0 Å². The summed E-state index contributed by atoms with van der Waals surface area (Å²) in [7, 11) is -3.91. The molecule has 0 bridgehead atoms. The summed E-state index contributed by atoms with van der Waals surface area (Å²) in [6.45, 7) is 0. The topological polar surface area (TPSA) is 90.2 Å². The minimum absolute atomic E-state index is 0.0692. The SMILES string of the molecule is N#Cc1ccc(S(=O)(=O)Nc2cc(O)cc(F)c2)cc1. The molecule has 0 saturated heterocycles. The Morgan fingerprint density at radius 1 is 1.15 bits per heavy atom. The molecule has 7 heteroatoms. The highest BCUT2D eigenvalue weighted by molar-refractivity contribution is 7.92. The van der Waals surface area contributed by atoms with Gasteiger partial charge in [0, 0.05) is 12.1 Å². The molecule has 0 atom stereocenters. The Labute approximate surface area is 115 Å². The number of hydrogen-bond donors (Lipinski definition) is 2. The zero-order valence-corrected chi connectivity index (χ0v) is 10.9. The van der Waals surface area contributed by atoms with E-state index in [1.807, 2.05) is 6.07 Å². The van der Waals surface area contributed by atoms with Gasteiger partial charge in [-0.3, -0.25) is 4.72 Å². The molecular weight excluding hydrogens is 283 g/mol. The zero-order valence-electron chi connectivity index (χ0n) is 10.0. The molecule has 20 heavy (non-hydrogen) atoms. The first kappa shape index (κ1) is 13.8. The molecule has 0 amide bonds. The third kappa shape index (κ3) is 3.05. The van der Waals surface area contributed by atoms with E-state index < -0.39 is 15.8 Å². The van der Waals surface area contributed by atoms with E-state index in [0.29, 0.717) is 5.56 Å². The Morgan fingerprint density at radius 2 is 1.80 bits per heavy atom. The van der Waals surface area contributed by atoms with Gasteiger partial charge in [0.05, 0.1) is 22.2 Å². The summed E-state index contributed by atoms with van der Waals surface area (Å²) in [6, 6.07) is 10.0. The number of anilines is 1. The summed E-state index contributed by atoms with van der Waals surface area (Å²) >= 11 is 0. The number of hydrogen-bond acceptors (Lipinski definition) is 4. The minimum Gasteiger partial charge on any atom is -0.508 e. The summed E-state index contributed by atoms with van der Waals surface area (Å²) in [6.07, 6.45) is 0. The summed E-state index contributed by atoms with van der Waals surface area (Å²) < 4.78 is 39.3. The van der Waals surface area contributed by atoms with E-state index >= 15 is 0 Å². The zero-order chi connectivity index (χ0) is 14.8. The van der Waals surface area contributed by atoms with Gasteiger partial charge in [-0.1, -0.05) is 0 Å². The molecule has 2 N–H and O–H groups in total. The lowest BCUT2D eigenvalue weighted by atomic mass is 10.2. The van der Waals surface area contributed by atoms with Crippen molar-refractivity contribution in [1.29, 1.82) is 5.26 Å². The molecule has 0 aliphatic rings. The number of nitrogens with zero attached hydrogens (tertiary/aromatic N) is 1. The van der Waals surface area contributed by atoms with Crippen molar-refractivity contribution in [2.75, 3.05) is 4.72 Å². The van der Waals surface area contributed by atoms with Crippen LogP contribution in [0.2, 0.25) is 0 Å². The van der Waals surface area contributed by atoms with E-state index in [0.717, 1.165) is 18.2 Å². The highest BCUT2D eigenvalue weighted by atomic mass is 32.2. The molecule has 2 aromatic carbocycles. The number of aromatic hydroxyl groups is 1. The van der Waals surface area contributed by atoms with Crippen LogP contribution in [-0.2, 0) is 10.0 Å². The Kier molecular flexibility index (Phi) is 3.59. The van der Waals surface area contributed by atoms with Crippen molar-refractivity contribution < 1.29 is 17.9 Å². The third-order valence-corrected chi connectivity index (χ3v) is 3.83. The van der Waals surface area contributed by atoms with Crippen LogP contribution in [0.4, 0.5) is 10.1 Å². The third-order valence-electron chi connectivity index (χ3n) is 2.43. The van der Waals surface area contributed by atoms with E-state index in [-0.39, 0.29) is 16.3 Å². The molecule has 0 aliphatic carbocycles. The highest BCUT2D eigenvalue weighted by Gasteiger charge is 2.14. The van der Waals surface area contributed by atoms with Gasteiger partial charge >= 0.3 is 0 Å². The Bertz CT molecular complexity index is 760. The van der Waals surface area contributed by atoms with Gasteiger partial charge in [-0.15, -0.1) is 0 Å². The summed E-state index contributed by atoms with van der Waals surface area (Å²) in [5.41, 5.74) is 0.235. The van der Waals surface area contributed by atoms with Crippen molar-refractivity contribution in [3.63, 3.8) is 0 Å². The number of phenols is 1. The maximum absolute atomic E-state index is 13.1. The average molecular weight is 292 g/mol. The number of sulfonamides is 1. The van der Waals surface area contributed by atoms with E-state index in [1.165, 1.54) is 24.3 Å². The standard InChI is InChI=1S/C13H9FN2O3S/c14-10-5-11(7-12(17)6-10)16-20(18,19)13-3-1-9(8-15)2-4-13/h1-7,16-17H. The number of halogens is 1. The highest BCUT2D eigenvalue weighted by Crippen LogP contribution is 2.22. The molecule has 0 fully saturated rings. The molecule has 0 unspecified atom stereocenters. The monoisotopic (exact) mass is 292 g/mol. The number of benzene rings is 2. The van der Waals surface area contributed by atoms with Crippen molar-refractivity contribution in [1.82, 2.24) is 0 Å². The van der Waals surface area contributed by atoms with Crippen molar-refractivity contribution >= 4 is 15.7 Å². The molecule has 0 heterocycles. The molecule has 0 radical (unpaired) electrons. The van der Waals surface area contributed by atoms with Crippen LogP contribution in [0, 0.1) is 17.1 Å². The quantitative estimate of drug-likeness (QED) is 0.907. The van der Waals surface area contributed by atoms with Gasteiger partial charge in [0.25, 0.3) is 10.0 Å². The number of rotatable bonds is 3. The first-order valence-corrected chi connectivity index (χ1v) is 6.91. The lowest BCUT2D eigenvalue weighted by molar-refractivity contribution is 0.469. The smallest absolute Gasteiger partial charge is 0.261 e. The molecule has 2 rings (SSSR count). The normalized spacial score (nSPS) is 10.8. The molecule has 0 aromatic heterocycles. The van der Waals surface area contributed by atoms with Crippen LogP contribution in [0.1, 0.15) is 5.56 Å². The molecule has 0 saturated carbocycles. The number of nitriles is 1. The largest absolute Gasteiger partial charge is 0.508 e. The van der Waals surface area contributed by atoms with Gasteiger partial charge < -0.3 is 5.11 Å². The molecule has 102 valence electrons. The van der Waals surface area contributed by atoms with E-state index in [1.54, 1.807) is 0 Å². The fourth-order valence-corrected chi connectivity index (χ4v) is 2.60. The predicted molar refractivity (Wildman–Crippen MR) is 70.0 cm³/mol. The van der Waals surface area contributed by atoms with Crippen LogP contribution in [0.3, 0.4) is 0 Å². The van der Waals surface area contributed by atoms with E-state index in [9.17, 15) is 17.9 Å². The first-order chi connectivity index (χ1) is 9.40.